The number of nitro groups is 1. The maximum atomic E-state index is 12.8. The van der Waals surface area contributed by atoms with E-state index in [2.05, 4.69) is 10.1 Å². The first-order valence-electron chi connectivity index (χ1n) is 8.72. The lowest BCUT2D eigenvalue weighted by Crippen LogP contribution is -2.29. The van der Waals surface area contributed by atoms with E-state index in [1.807, 2.05) is 25.9 Å². The SMILES string of the molecule is CCCCOC(=O)Nc1cc([N+](=O)[O-])c(N(C)CCN(C)C)cc1OC(F)F. The van der Waals surface area contributed by atoms with Gasteiger partial charge in [0.2, 0.25) is 0 Å². The minimum absolute atomic E-state index is 0.0902. The van der Waals surface area contributed by atoms with E-state index < -0.39 is 17.6 Å². The van der Waals surface area contributed by atoms with Crippen LogP contribution in [0.25, 0.3) is 0 Å². The fraction of sp³-hybridized carbons (Fsp3) is 0.588. The first-order valence-corrected chi connectivity index (χ1v) is 8.72. The van der Waals surface area contributed by atoms with E-state index in [4.69, 9.17) is 4.74 Å². The minimum atomic E-state index is -3.17. The molecule has 0 aliphatic rings. The van der Waals surface area contributed by atoms with Crippen molar-refractivity contribution in [2.45, 2.75) is 26.4 Å². The molecular weight excluding hydrogens is 378 g/mol. The van der Waals surface area contributed by atoms with Crippen molar-refractivity contribution in [1.29, 1.82) is 0 Å². The summed E-state index contributed by atoms with van der Waals surface area (Å²) in [5.74, 6) is -0.389. The zero-order chi connectivity index (χ0) is 21.3. The summed E-state index contributed by atoms with van der Waals surface area (Å²) in [6.45, 7) is -0.125. The summed E-state index contributed by atoms with van der Waals surface area (Å²) in [4.78, 5) is 26.1. The standard InChI is InChI=1S/C17H26F2N4O5/c1-5-6-9-27-17(24)20-12-10-14(23(25)26)13(11-15(12)28-16(18)19)22(4)8-7-21(2)3/h10-11,16H,5-9H2,1-4H3,(H,20,24). The number of alkyl halides is 2. The molecule has 28 heavy (non-hydrogen) atoms. The van der Waals surface area contributed by atoms with Crippen molar-refractivity contribution >= 4 is 23.2 Å². The third-order valence-electron chi connectivity index (χ3n) is 3.75. The lowest BCUT2D eigenvalue weighted by molar-refractivity contribution is -0.384. The number of carbonyl (C=O) groups is 1. The second-order valence-corrected chi connectivity index (χ2v) is 6.31. The van der Waals surface area contributed by atoms with Gasteiger partial charge in [-0.1, -0.05) is 13.3 Å². The van der Waals surface area contributed by atoms with Crippen LogP contribution in [0.4, 0.5) is 30.6 Å². The van der Waals surface area contributed by atoms with Crippen LogP contribution >= 0.6 is 0 Å². The molecule has 9 nitrogen and oxygen atoms in total. The second kappa shape index (κ2) is 11.2. The molecule has 0 fully saturated rings. The number of hydrogen-bond donors (Lipinski definition) is 1. The molecule has 0 bridgehead atoms. The van der Waals surface area contributed by atoms with Crippen LogP contribution in [0.5, 0.6) is 5.75 Å². The molecule has 1 aromatic carbocycles. The zero-order valence-electron chi connectivity index (χ0n) is 16.4. The summed E-state index contributed by atoms with van der Waals surface area (Å²) < 4.78 is 35.0. The molecule has 1 aromatic rings. The Kier molecular flexibility index (Phi) is 9.36. The highest BCUT2D eigenvalue weighted by molar-refractivity contribution is 5.89. The predicted molar refractivity (Wildman–Crippen MR) is 101 cm³/mol. The van der Waals surface area contributed by atoms with Gasteiger partial charge in [-0.25, -0.2) is 4.79 Å². The number of nitrogens with zero attached hydrogens (tertiary/aromatic N) is 3. The van der Waals surface area contributed by atoms with Crippen LogP contribution in [0.2, 0.25) is 0 Å². The average Bonchev–Trinajstić information content (AvgIpc) is 2.60. The van der Waals surface area contributed by atoms with Gasteiger partial charge in [0, 0.05) is 32.3 Å². The molecule has 1 N–H and O–H groups in total. The maximum Gasteiger partial charge on any atom is 0.411 e. The highest BCUT2D eigenvalue weighted by atomic mass is 19.3. The van der Waals surface area contributed by atoms with Crippen LogP contribution in [0.1, 0.15) is 19.8 Å². The Labute approximate surface area is 162 Å². The van der Waals surface area contributed by atoms with Crippen LogP contribution in [-0.2, 0) is 4.74 Å². The summed E-state index contributed by atoms with van der Waals surface area (Å²) in [7, 11) is 5.28. The topological polar surface area (TPSA) is 97.2 Å². The van der Waals surface area contributed by atoms with Crippen molar-refractivity contribution in [1.82, 2.24) is 4.90 Å². The molecule has 0 saturated carbocycles. The van der Waals surface area contributed by atoms with Gasteiger partial charge in [-0.2, -0.15) is 8.78 Å². The van der Waals surface area contributed by atoms with E-state index in [9.17, 15) is 23.7 Å². The van der Waals surface area contributed by atoms with Crippen molar-refractivity contribution in [3.8, 4) is 5.75 Å². The van der Waals surface area contributed by atoms with E-state index in [0.717, 1.165) is 18.6 Å². The average molecular weight is 404 g/mol. The van der Waals surface area contributed by atoms with Crippen LogP contribution < -0.4 is 15.0 Å². The van der Waals surface area contributed by atoms with E-state index in [1.165, 1.54) is 0 Å². The van der Waals surface area contributed by atoms with Gasteiger partial charge in [-0.3, -0.25) is 15.4 Å². The van der Waals surface area contributed by atoms with E-state index >= 15 is 0 Å². The number of carbonyl (C=O) groups excluding carboxylic acids is 1. The molecule has 11 heteroatoms. The Bertz CT molecular complexity index is 673. The maximum absolute atomic E-state index is 12.8. The van der Waals surface area contributed by atoms with Gasteiger partial charge in [-0.15, -0.1) is 0 Å². The lowest BCUT2D eigenvalue weighted by atomic mass is 10.2. The fourth-order valence-electron chi connectivity index (χ4n) is 2.23. The number of nitro benzene ring substituents is 1. The summed E-state index contributed by atoms with van der Waals surface area (Å²) in [6.07, 6.45) is 0.520. The number of hydrogen-bond acceptors (Lipinski definition) is 7. The number of ether oxygens (including phenoxy) is 2. The number of unbranched alkanes of at least 4 members (excludes halogenated alkanes) is 1. The Hall–Kier alpha value is -2.69. The van der Waals surface area contributed by atoms with E-state index in [0.29, 0.717) is 19.5 Å². The summed E-state index contributed by atoms with van der Waals surface area (Å²) in [5, 5.41) is 13.7. The summed E-state index contributed by atoms with van der Waals surface area (Å²) >= 11 is 0. The summed E-state index contributed by atoms with van der Waals surface area (Å²) in [5.41, 5.74) is -0.530. The number of nitrogens with one attached hydrogen (secondary N) is 1. The number of benzene rings is 1. The number of rotatable bonds is 11. The number of likely N-dealkylation sites (N-methyl/N-ethyl adjacent to an activating group) is 2. The Morgan fingerprint density at radius 3 is 2.50 bits per heavy atom. The van der Waals surface area contributed by atoms with Gasteiger partial charge in [0.25, 0.3) is 5.69 Å². The van der Waals surface area contributed by atoms with Crippen molar-refractivity contribution < 1.29 is 28.0 Å². The molecular formula is C17H26F2N4O5. The lowest BCUT2D eigenvalue weighted by Gasteiger charge is -2.23. The Balaban J connectivity index is 3.21. The van der Waals surface area contributed by atoms with Gasteiger partial charge < -0.3 is 19.3 Å². The minimum Gasteiger partial charge on any atom is -0.449 e. The molecule has 0 spiro atoms. The van der Waals surface area contributed by atoms with Crippen LogP contribution in [0.3, 0.4) is 0 Å². The summed E-state index contributed by atoms with van der Waals surface area (Å²) in [6, 6.07) is 2.10. The Morgan fingerprint density at radius 2 is 1.96 bits per heavy atom. The molecule has 0 unspecified atom stereocenters. The molecule has 0 aliphatic heterocycles. The molecule has 0 aliphatic carbocycles. The monoisotopic (exact) mass is 404 g/mol. The third kappa shape index (κ3) is 7.51. The first-order chi connectivity index (χ1) is 13.1. The largest absolute Gasteiger partial charge is 0.449 e. The highest BCUT2D eigenvalue weighted by Crippen LogP contribution is 2.38. The molecule has 0 aromatic heterocycles. The van der Waals surface area contributed by atoms with Crippen LogP contribution in [0, 0.1) is 10.1 Å². The molecule has 158 valence electrons. The number of halogens is 2. The quantitative estimate of drug-likeness (QED) is 0.342. The van der Waals surface area contributed by atoms with Crippen molar-refractivity contribution in [3.63, 3.8) is 0 Å². The smallest absolute Gasteiger partial charge is 0.411 e. The van der Waals surface area contributed by atoms with E-state index in [1.54, 1.807) is 11.9 Å². The van der Waals surface area contributed by atoms with Crippen molar-refractivity contribution in [2.24, 2.45) is 0 Å². The van der Waals surface area contributed by atoms with Crippen molar-refractivity contribution in [3.05, 3.63) is 22.2 Å². The van der Waals surface area contributed by atoms with Gasteiger partial charge in [0.05, 0.1) is 17.2 Å². The highest BCUT2D eigenvalue weighted by Gasteiger charge is 2.24. The molecule has 0 saturated heterocycles. The molecule has 0 heterocycles. The molecule has 1 rings (SSSR count). The normalized spacial score (nSPS) is 10.9. The van der Waals surface area contributed by atoms with Gasteiger partial charge in [-0.05, 0) is 20.5 Å². The molecule has 1 amide bonds. The number of anilines is 2. The zero-order valence-corrected chi connectivity index (χ0v) is 16.4. The molecule has 0 atom stereocenters. The van der Waals surface area contributed by atoms with Crippen LogP contribution in [0.15, 0.2) is 12.1 Å². The number of amides is 1. The van der Waals surface area contributed by atoms with Crippen LogP contribution in [-0.4, -0.2) is 63.4 Å². The third-order valence-corrected chi connectivity index (χ3v) is 3.75. The Morgan fingerprint density at radius 1 is 1.29 bits per heavy atom. The first kappa shape index (κ1) is 23.3. The van der Waals surface area contributed by atoms with Gasteiger partial charge >= 0.3 is 12.7 Å². The van der Waals surface area contributed by atoms with Gasteiger partial charge in [0.15, 0.2) is 5.75 Å². The molecule has 0 radical (unpaired) electrons. The fourth-order valence-corrected chi connectivity index (χ4v) is 2.23. The van der Waals surface area contributed by atoms with Gasteiger partial charge in [0.1, 0.15) is 5.69 Å². The second-order valence-electron chi connectivity index (χ2n) is 6.31. The van der Waals surface area contributed by atoms with E-state index in [-0.39, 0.29) is 29.4 Å². The van der Waals surface area contributed by atoms with Crippen molar-refractivity contribution in [2.75, 3.05) is 51.1 Å². The predicted octanol–water partition coefficient (Wildman–Crippen LogP) is 3.54.